The predicted octanol–water partition coefficient (Wildman–Crippen LogP) is 4.81. The molecule has 0 unspecified atom stereocenters. The summed E-state index contributed by atoms with van der Waals surface area (Å²) in [5, 5.41) is 2.93. The Morgan fingerprint density at radius 3 is 2.36 bits per heavy atom. The van der Waals surface area contributed by atoms with E-state index in [9.17, 15) is 14.4 Å². The third-order valence-corrected chi connectivity index (χ3v) is 10.0. The highest BCUT2D eigenvalue weighted by molar-refractivity contribution is 6.35. The molecule has 0 radical (unpaired) electrons. The molecule has 9 heteroatoms. The molecule has 0 aliphatic carbocycles. The molecule has 3 aromatic rings. The number of fused-ring (bicyclic) bond motifs is 1. The Kier molecular flexibility index (Phi) is 8.66. The van der Waals surface area contributed by atoms with Crippen molar-refractivity contribution in [2.24, 2.45) is 0 Å². The zero-order valence-electron chi connectivity index (χ0n) is 27.0. The Labute approximate surface area is 265 Å². The van der Waals surface area contributed by atoms with Gasteiger partial charge in [-0.2, -0.15) is 0 Å². The molecule has 3 aliphatic heterocycles. The SMILES string of the molecule is Cc1[nH]c(C=C2C(=O)Nc3ccc(C(=O)N(C)[C@H](C)c4ccccc4)cc32)c(C)c1C(=O)N1CCN(C2CCN(C)CC2)CC1. The number of benzene rings is 2. The predicted molar refractivity (Wildman–Crippen MR) is 178 cm³/mol. The second-order valence-electron chi connectivity index (χ2n) is 12.8. The van der Waals surface area contributed by atoms with Crippen LogP contribution >= 0.6 is 0 Å². The molecule has 2 N–H and O–H groups in total. The van der Waals surface area contributed by atoms with Gasteiger partial charge in [-0.05, 0) is 89.2 Å². The van der Waals surface area contributed by atoms with E-state index in [0.29, 0.717) is 34.0 Å². The minimum absolute atomic E-state index is 0.0358. The molecule has 45 heavy (non-hydrogen) atoms. The maximum atomic E-state index is 13.8. The Hall–Kier alpha value is -4.21. The number of aromatic amines is 1. The Balaban J connectivity index is 1.19. The van der Waals surface area contributed by atoms with Gasteiger partial charge < -0.3 is 25.0 Å². The van der Waals surface area contributed by atoms with Crippen LogP contribution in [0, 0.1) is 13.8 Å². The van der Waals surface area contributed by atoms with Crippen LogP contribution in [0.2, 0.25) is 0 Å². The number of carbonyl (C=O) groups excluding carboxylic acids is 3. The first-order chi connectivity index (χ1) is 21.6. The van der Waals surface area contributed by atoms with Gasteiger partial charge in [0.05, 0.1) is 17.2 Å². The van der Waals surface area contributed by atoms with Crippen molar-refractivity contribution in [2.75, 3.05) is 58.7 Å². The molecular weight excluding hydrogens is 564 g/mol. The third kappa shape index (κ3) is 6.07. The van der Waals surface area contributed by atoms with E-state index >= 15 is 0 Å². The maximum absolute atomic E-state index is 13.8. The number of piperidine rings is 1. The lowest BCUT2D eigenvalue weighted by atomic mass is 10.00. The monoisotopic (exact) mass is 608 g/mol. The number of hydrogen-bond donors (Lipinski definition) is 2. The lowest BCUT2D eigenvalue weighted by Crippen LogP contribution is -2.54. The molecule has 1 aromatic heterocycles. The van der Waals surface area contributed by atoms with Crippen molar-refractivity contribution in [1.29, 1.82) is 0 Å². The van der Waals surface area contributed by atoms with Crippen molar-refractivity contribution in [2.45, 2.75) is 45.7 Å². The number of piperazine rings is 1. The fourth-order valence-corrected chi connectivity index (χ4v) is 6.99. The summed E-state index contributed by atoms with van der Waals surface area (Å²) in [6.07, 6.45) is 4.19. The third-order valence-electron chi connectivity index (χ3n) is 10.0. The number of nitrogens with one attached hydrogen (secondary N) is 2. The summed E-state index contributed by atoms with van der Waals surface area (Å²) in [7, 11) is 3.98. The second-order valence-corrected chi connectivity index (χ2v) is 12.8. The van der Waals surface area contributed by atoms with E-state index in [2.05, 4.69) is 27.1 Å². The minimum atomic E-state index is -0.231. The molecule has 2 fully saturated rings. The number of rotatable bonds is 6. The Bertz CT molecular complexity index is 1630. The highest BCUT2D eigenvalue weighted by Crippen LogP contribution is 2.35. The van der Waals surface area contributed by atoms with Gasteiger partial charge in [0.1, 0.15) is 0 Å². The van der Waals surface area contributed by atoms with Crippen LogP contribution in [0.5, 0.6) is 0 Å². The van der Waals surface area contributed by atoms with E-state index in [1.54, 1.807) is 30.1 Å². The van der Waals surface area contributed by atoms with Gasteiger partial charge in [0, 0.05) is 67.5 Å². The van der Waals surface area contributed by atoms with Crippen molar-refractivity contribution >= 4 is 35.1 Å². The van der Waals surface area contributed by atoms with Crippen LogP contribution in [-0.2, 0) is 4.79 Å². The van der Waals surface area contributed by atoms with Gasteiger partial charge in [-0.15, -0.1) is 0 Å². The first-order valence-corrected chi connectivity index (χ1v) is 16.0. The minimum Gasteiger partial charge on any atom is -0.358 e. The molecule has 3 aliphatic rings. The molecule has 236 valence electrons. The van der Waals surface area contributed by atoms with Crippen LogP contribution < -0.4 is 5.32 Å². The second kappa shape index (κ2) is 12.7. The van der Waals surface area contributed by atoms with Gasteiger partial charge in [0.15, 0.2) is 0 Å². The molecule has 0 spiro atoms. The van der Waals surface area contributed by atoms with E-state index in [1.807, 2.05) is 62.1 Å². The van der Waals surface area contributed by atoms with Crippen LogP contribution in [0.15, 0.2) is 48.5 Å². The number of anilines is 1. The summed E-state index contributed by atoms with van der Waals surface area (Å²) in [5.41, 5.74) is 6.39. The lowest BCUT2D eigenvalue weighted by Gasteiger charge is -2.42. The van der Waals surface area contributed by atoms with Crippen LogP contribution in [0.4, 0.5) is 5.69 Å². The fraction of sp³-hybridized carbons (Fsp3) is 0.417. The zero-order valence-corrected chi connectivity index (χ0v) is 27.0. The van der Waals surface area contributed by atoms with Gasteiger partial charge in [-0.1, -0.05) is 30.3 Å². The number of likely N-dealkylation sites (tertiary alicyclic amines) is 1. The van der Waals surface area contributed by atoms with E-state index in [4.69, 9.17) is 0 Å². The van der Waals surface area contributed by atoms with Crippen molar-refractivity contribution in [1.82, 2.24) is 24.6 Å². The number of nitrogens with zero attached hydrogens (tertiary/aromatic N) is 4. The quantitative estimate of drug-likeness (QED) is 0.392. The molecular formula is C36H44N6O3. The largest absolute Gasteiger partial charge is 0.358 e. The number of amides is 3. The van der Waals surface area contributed by atoms with Crippen LogP contribution in [-0.4, -0.2) is 102 Å². The normalized spacial score (nSPS) is 19.4. The van der Waals surface area contributed by atoms with E-state index in [0.717, 1.165) is 61.8 Å². The fourth-order valence-electron chi connectivity index (χ4n) is 6.99. The van der Waals surface area contributed by atoms with Gasteiger partial charge >= 0.3 is 0 Å². The van der Waals surface area contributed by atoms with Crippen molar-refractivity contribution in [3.05, 3.63) is 87.7 Å². The summed E-state index contributed by atoms with van der Waals surface area (Å²) >= 11 is 0. The summed E-state index contributed by atoms with van der Waals surface area (Å²) in [5.74, 6) is -0.317. The van der Waals surface area contributed by atoms with Gasteiger partial charge in [0.2, 0.25) is 0 Å². The number of aromatic nitrogens is 1. The topological polar surface area (TPSA) is 92.0 Å². The summed E-state index contributed by atoms with van der Waals surface area (Å²) in [6, 6.07) is 15.7. The zero-order chi connectivity index (χ0) is 31.8. The standard InChI is InChI=1S/C36H44N6O3/c1-23-32(37-24(2)33(23)36(45)42-19-17-41(18-20-42)28-13-15-39(4)16-14-28)22-30-29-21-27(11-12-31(29)38-34(30)43)35(44)40(5)25(3)26-9-7-6-8-10-26/h6-12,21-22,25,28,37H,13-20H2,1-5H3,(H,38,43)/t25-/m1/s1. The first-order valence-electron chi connectivity index (χ1n) is 16.0. The average Bonchev–Trinajstić information content (AvgIpc) is 3.53. The molecule has 0 bridgehead atoms. The number of hydrogen-bond acceptors (Lipinski definition) is 5. The molecule has 0 saturated carbocycles. The van der Waals surface area contributed by atoms with Crippen molar-refractivity contribution in [3.63, 3.8) is 0 Å². The molecule has 6 rings (SSSR count). The maximum Gasteiger partial charge on any atom is 0.256 e. The van der Waals surface area contributed by atoms with Crippen LogP contribution in [0.25, 0.3) is 11.6 Å². The summed E-state index contributed by atoms with van der Waals surface area (Å²) < 4.78 is 0. The van der Waals surface area contributed by atoms with Crippen LogP contribution in [0.3, 0.4) is 0 Å². The number of aryl methyl sites for hydroxylation is 1. The van der Waals surface area contributed by atoms with E-state index in [1.165, 1.54) is 12.8 Å². The lowest BCUT2D eigenvalue weighted by molar-refractivity contribution is -0.110. The van der Waals surface area contributed by atoms with Crippen molar-refractivity contribution in [3.8, 4) is 0 Å². The van der Waals surface area contributed by atoms with Gasteiger partial charge in [0.25, 0.3) is 17.7 Å². The molecule has 9 nitrogen and oxygen atoms in total. The molecule has 4 heterocycles. The number of carbonyl (C=O) groups is 3. The van der Waals surface area contributed by atoms with E-state index < -0.39 is 0 Å². The highest BCUT2D eigenvalue weighted by atomic mass is 16.2. The van der Waals surface area contributed by atoms with Gasteiger partial charge in [-0.3, -0.25) is 19.3 Å². The Morgan fingerprint density at radius 2 is 1.67 bits per heavy atom. The molecule has 2 saturated heterocycles. The summed E-state index contributed by atoms with van der Waals surface area (Å²) in [6.45, 7) is 11.4. The molecule has 3 amide bonds. The van der Waals surface area contributed by atoms with E-state index in [-0.39, 0.29) is 23.8 Å². The number of H-pyrrole nitrogens is 1. The molecule has 1 atom stereocenters. The van der Waals surface area contributed by atoms with Crippen LogP contribution in [0.1, 0.15) is 74.6 Å². The first kappa shape index (κ1) is 30.8. The molecule has 2 aromatic carbocycles. The summed E-state index contributed by atoms with van der Waals surface area (Å²) in [4.78, 5) is 52.4. The van der Waals surface area contributed by atoms with Gasteiger partial charge in [-0.25, -0.2) is 0 Å². The Morgan fingerprint density at radius 1 is 0.978 bits per heavy atom. The highest BCUT2D eigenvalue weighted by Gasteiger charge is 2.31. The average molecular weight is 609 g/mol. The smallest absolute Gasteiger partial charge is 0.256 e. The van der Waals surface area contributed by atoms with Crippen molar-refractivity contribution < 1.29 is 14.4 Å².